The lowest BCUT2D eigenvalue weighted by Gasteiger charge is -2.22. The molecule has 0 radical (unpaired) electrons. The van der Waals surface area contributed by atoms with Gasteiger partial charge in [-0.2, -0.15) is 0 Å². The summed E-state index contributed by atoms with van der Waals surface area (Å²) < 4.78 is 4.91. The smallest absolute Gasteiger partial charge is 0.411 e. The third-order valence-electron chi connectivity index (χ3n) is 3.96. The first-order valence-corrected chi connectivity index (χ1v) is 8.80. The van der Waals surface area contributed by atoms with Crippen LogP contribution in [0.2, 0.25) is 0 Å². The number of para-hydroxylation sites is 1. The SMILES string of the molecule is C=CCN(C(=O)CNc1cccc(NC(=O)OCC)c1C)c1ccccc1. The lowest BCUT2D eigenvalue weighted by Crippen LogP contribution is -2.35. The second kappa shape index (κ2) is 10.0. The van der Waals surface area contributed by atoms with Gasteiger partial charge in [0.25, 0.3) is 0 Å². The van der Waals surface area contributed by atoms with Gasteiger partial charge in [-0.25, -0.2) is 4.79 Å². The van der Waals surface area contributed by atoms with Crippen LogP contribution in [0.4, 0.5) is 21.9 Å². The van der Waals surface area contributed by atoms with Crippen molar-refractivity contribution >= 4 is 29.1 Å². The Morgan fingerprint density at radius 3 is 2.48 bits per heavy atom. The second-order valence-electron chi connectivity index (χ2n) is 5.81. The minimum atomic E-state index is -0.505. The molecule has 0 unspecified atom stereocenters. The molecule has 0 aliphatic rings. The van der Waals surface area contributed by atoms with Crippen molar-refractivity contribution in [2.45, 2.75) is 13.8 Å². The van der Waals surface area contributed by atoms with Crippen molar-refractivity contribution < 1.29 is 14.3 Å². The summed E-state index contributed by atoms with van der Waals surface area (Å²) in [5.41, 5.74) is 3.05. The molecule has 0 heterocycles. The number of benzene rings is 2. The van der Waals surface area contributed by atoms with Crippen molar-refractivity contribution in [3.8, 4) is 0 Å². The van der Waals surface area contributed by atoms with Gasteiger partial charge in [-0.3, -0.25) is 10.1 Å². The summed E-state index contributed by atoms with van der Waals surface area (Å²) >= 11 is 0. The molecule has 0 saturated heterocycles. The second-order valence-corrected chi connectivity index (χ2v) is 5.81. The standard InChI is InChI=1S/C21H25N3O3/c1-4-14-24(17-10-7-6-8-11-17)20(25)15-22-18-12-9-13-19(16(18)3)23-21(26)27-5-2/h4,6-13,22H,1,5,14-15H2,2-3H3,(H,23,26). The zero-order chi connectivity index (χ0) is 19.6. The fraction of sp³-hybridized carbons (Fsp3) is 0.238. The Morgan fingerprint density at radius 2 is 1.81 bits per heavy atom. The normalized spacial score (nSPS) is 10.0. The van der Waals surface area contributed by atoms with Crippen molar-refractivity contribution in [2.75, 3.05) is 35.2 Å². The predicted octanol–water partition coefficient (Wildman–Crippen LogP) is 4.19. The number of carbonyl (C=O) groups excluding carboxylic acids is 2. The Kier molecular flexibility index (Phi) is 7.43. The summed E-state index contributed by atoms with van der Waals surface area (Å²) in [5, 5.41) is 5.85. The molecule has 0 aliphatic carbocycles. The number of ether oxygens (including phenoxy) is 1. The molecular weight excluding hydrogens is 342 g/mol. The van der Waals surface area contributed by atoms with E-state index in [0.29, 0.717) is 18.8 Å². The maximum absolute atomic E-state index is 12.7. The van der Waals surface area contributed by atoms with E-state index in [1.54, 1.807) is 30.0 Å². The number of rotatable bonds is 8. The third-order valence-corrected chi connectivity index (χ3v) is 3.96. The Morgan fingerprint density at radius 1 is 1.11 bits per heavy atom. The zero-order valence-corrected chi connectivity index (χ0v) is 15.7. The molecule has 2 N–H and O–H groups in total. The number of hydrogen-bond donors (Lipinski definition) is 2. The van der Waals surface area contributed by atoms with Gasteiger partial charge in [0, 0.05) is 23.6 Å². The lowest BCUT2D eigenvalue weighted by atomic mass is 10.1. The first-order valence-electron chi connectivity index (χ1n) is 8.80. The molecule has 6 heteroatoms. The molecule has 2 rings (SSSR count). The van der Waals surface area contributed by atoms with Gasteiger partial charge in [0.2, 0.25) is 5.91 Å². The van der Waals surface area contributed by atoms with Gasteiger partial charge in [-0.1, -0.05) is 30.3 Å². The van der Waals surface area contributed by atoms with Gasteiger partial charge in [-0.15, -0.1) is 6.58 Å². The summed E-state index contributed by atoms with van der Waals surface area (Å²) in [4.78, 5) is 26.0. The minimum absolute atomic E-state index is 0.0794. The van der Waals surface area contributed by atoms with Crippen LogP contribution in [0, 0.1) is 6.92 Å². The molecule has 0 aromatic heterocycles. The number of nitrogens with zero attached hydrogens (tertiary/aromatic N) is 1. The third kappa shape index (κ3) is 5.60. The fourth-order valence-electron chi connectivity index (χ4n) is 2.59. The van der Waals surface area contributed by atoms with Gasteiger partial charge in [-0.05, 0) is 43.7 Å². The molecule has 6 nitrogen and oxygen atoms in total. The summed E-state index contributed by atoms with van der Waals surface area (Å²) in [6.07, 6.45) is 1.19. The summed E-state index contributed by atoms with van der Waals surface area (Å²) in [5.74, 6) is -0.0794. The molecule has 0 atom stereocenters. The molecule has 0 fully saturated rings. The molecule has 2 aromatic carbocycles. The first-order chi connectivity index (χ1) is 13.1. The van der Waals surface area contributed by atoms with Crippen LogP contribution in [0.3, 0.4) is 0 Å². The molecule has 0 bridgehead atoms. The van der Waals surface area contributed by atoms with E-state index in [4.69, 9.17) is 4.74 Å². The summed E-state index contributed by atoms with van der Waals surface area (Å²) in [6, 6.07) is 14.9. The van der Waals surface area contributed by atoms with E-state index in [9.17, 15) is 9.59 Å². The van der Waals surface area contributed by atoms with E-state index in [0.717, 1.165) is 16.9 Å². The minimum Gasteiger partial charge on any atom is -0.450 e. The van der Waals surface area contributed by atoms with Crippen LogP contribution in [0.15, 0.2) is 61.2 Å². The van der Waals surface area contributed by atoms with Crippen LogP contribution in [0.5, 0.6) is 0 Å². The summed E-state index contributed by atoms with van der Waals surface area (Å²) in [6.45, 7) is 8.19. The van der Waals surface area contributed by atoms with Crippen molar-refractivity contribution in [3.63, 3.8) is 0 Å². The molecular formula is C21H25N3O3. The Labute approximate surface area is 159 Å². The van der Waals surface area contributed by atoms with Crippen molar-refractivity contribution in [1.82, 2.24) is 0 Å². The van der Waals surface area contributed by atoms with Gasteiger partial charge in [0.15, 0.2) is 0 Å². The Bertz CT molecular complexity index is 791. The molecule has 2 aromatic rings. The molecule has 2 amide bonds. The number of nitrogens with one attached hydrogen (secondary N) is 2. The van der Waals surface area contributed by atoms with Gasteiger partial charge < -0.3 is 15.0 Å². The molecule has 0 saturated carbocycles. The lowest BCUT2D eigenvalue weighted by molar-refractivity contribution is -0.116. The highest BCUT2D eigenvalue weighted by Crippen LogP contribution is 2.23. The van der Waals surface area contributed by atoms with E-state index >= 15 is 0 Å². The first kappa shape index (κ1) is 20.0. The fourth-order valence-corrected chi connectivity index (χ4v) is 2.59. The van der Waals surface area contributed by atoms with Crippen LogP contribution >= 0.6 is 0 Å². The van der Waals surface area contributed by atoms with E-state index < -0.39 is 6.09 Å². The molecule has 27 heavy (non-hydrogen) atoms. The van der Waals surface area contributed by atoms with E-state index in [1.165, 1.54) is 0 Å². The monoisotopic (exact) mass is 367 g/mol. The summed E-state index contributed by atoms with van der Waals surface area (Å²) in [7, 11) is 0. The van der Waals surface area contributed by atoms with Crippen LogP contribution in [-0.2, 0) is 9.53 Å². The van der Waals surface area contributed by atoms with Crippen LogP contribution in [0.25, 0.3) is 0 Å². The van der Waals surface area contributed by atoms with E-state index in [-0.39, 0.29) is 12.5 Å². The van der Waals surface area contributed by atoms with Gasteiger partial charge in [0.1, 0.15) is 0 Å². The van der Waals surface area contributed by atoms with E-state index in [1.807, 2.05) is 43.3 Å². The Hall–Kier alpha value is -3.28. The van der Waals surface area contributed by atoms with Crippen molar-refractivity contribution in [3.05, 3.63) is 66.7 Å². The molecule has 0 aliphatic heterocycles. The van der Waals surface area contributed by atoms with Crippen LogP contribution in [0.1, 0.15) is 12.5 Å². The predicted molar refractivity (Wildman–Crippen MR) is 109 cm³/mol. The zero-order valence-electron chi connectivity index (χ0n) is 15.7. The van der Waals surface area contributed by atoms with Gasteiger partial charge in [0.05, 0.1) is 13.2 Å². The van der Waals surface area contributed by atoms with E-state index in [2.05, 4.69) is 17.2 Å². The average Bonchev–Trinajstić information content (AvgIpc) is 2.67. The van der Waals surface area contributed by atoms with Crippen molar-refractivity contribution in [1.29, 1.82) is 0 Å². The molecule has 0 spiro atoms. The number of anilines is 3. The molecule has 142 valence electrons. The Balaban J connectivity index is 2.07. The number of amides is 2. The highest BCUT2D eigenvalue weighted by molar-refractivity contribution is 5.96. The van der Waals surface area contributed by atoms with Gasteiger partial charge >= 0.3 is 6.09 Å². The maximum Gasteiger partial charge on any atom is 0.411 e. The van der Waals surface area contributed by atoms with Crippen LogP contribution in [-0.4, -0.2) is 31.7 Å². The van der Waals surface area contributed by atoms with Crippen molar-refractivity contribution in [2.24, 2.45) is 0 Å². The highest BCUT2D eigenvalue weighted by atomic mass is 16.5. The average molecular weight is 367 g/mol. The highest BCUT2D eigenvalue weighted by Gasteiger charge is 2.15. The quantitative estimate of drug-likeness (QED) is 0.686. The topological polar surface area (TPSA) is 70.7 Å². The maximum atomic E-state index is 12.7. The number of carbonyl (C=O) groups is 2. The largest absolute Gasteiger partial charge is 0.450 e. The van der Waals surface area contributed by atoms with Crippen LogP contribution < -0.4 is 15.5 Å². The number of hydrogen-bond acceptors (Lipinski definition) is 4.